The summed E-state index contributed by atoms with van der Waals surface area (Å²) in [6.45, 7) is -1.28. The molecule has 2 rings (SSSR count). The van der Waals surface area contributed by atoms with Gasteiger partial charge in [0, 0.05) is 5.39 Å². The Kier molecular flexibility index (Phi) is 5.28. The first kappa shape index (κ1) is 16.6. The van der Waals surface area contributed by atoms with Gasteiger partial charge in [-0.05, 0) is 17.0 Å². The Hall–Kier alpha value is -1.43. The molecule has 2 aromatic rings. The van der Waals surface area contributed by atoms with Crippen LogP contribution in [-0.2, 0) is 0 Å². The number of hydrogen-bond acceptors (Lipinski definition) is 3. The van der Waals surface area contributed by atoms with Crippen molar-refractivity contribution in [2.24, 2.45) is 5.73 Å². The Bertz CT molecular complexity index is 592. The number of hydrogen-bond donors (Lipinski definition) is 2. The predicted octanol–water partition coefficient (Wildman–Crippen LogP) is 2.90. The number of fused-ring (bicyclic) bond motifs is 1. The van der Waals surface area contributed by atoms with Crippen LogP contribution in [0.15, 0.2) is 36.4 Å². The smallest absolute Gasteiger partial charge is 0.289 e. The lowest BCUT2D eigenvalue weighted by atomic mass is 9.95. The fourth-order valence-corrected chi connectivity index (χ4v) is 2.07. The van der Waals surface area contributed by atoms with Gasteiger partial charge in [-0.25, -0.2) is 8.78 Å². The van der Waals surface area contributed by atoms with Crippen LogP contribution in [-0.4, -0.2) is 24.7 Å². The van der Waals surface area contributed by atoms with E-state index in [0.717, 1.165) is 0 Å². The fraction of sp³-hybridized carbons (Fsp3) is 0.286. The van der Waals surface area contributed by atoms with Crippen LogP contribution in [0.25, 0.3) is 10.8 Å². The van der Waals surface area contributed by atoms with Crippen molar-refractivity contribution in [3.63, 3.8) is 0 Å². The molecule has 1 atom stereocenters. The molecule has 0 saturated carbocycles. The molecule has 0 radical (unpaired) electrons. The molecular weight excluding hydrogens is 288 g/mol. The summed E-state index contributed by atoms with van der Waals surface area (Å²) in [6, 6.07) is 8.58. The highest BCUT2D eigenvalue weighted by molar-refractivity contribution is 5.91. The maximum Gasteiger partial charge on any atom is 0.289 e. The molecule has 3 nitrogen and oxygen atoms in total. The topological polar surface area (TPSA) is 55.5 Å². The average Bonchev–Trinajstić information content (AvgIpc) is 2.45. The molecule has 6 heteroatoms. The predicted molar refractivity (Wildman–Crippen MR) is 76.7 cm³/mol. The molecule has 0 aliphatic rings. The zero-order chi connectivity index (χ0) is 14.0. The largest absolute Gasteiger partial charge is 0.496 e. The van der Waals surface area contributed by atoms with Gasteiger partial charge in [-0.2, -0.15) is 0 Å². The molecule has 0 unspecified atom stereocenters. The quantitative estimate of drug-likeness (QED) is 0.913. The molecule has 20 heavy (non-hydrogen) atoms. The Labute approximate surface area is 121 Å². The number of halogens is 3. The lowest BCUT2D eigenvalue weighted by Gasteiger charge is -2.23. The van der Waals surface area contributed by atoms with Gasteiger partial charge in [0.05, 0.1) is 13.2 Å². The average molecular weight is 304 g/mol. The van der Waals surface area contributed by atoms with Crippen LogP contribution < -0.4 is 10.5 Å². The van der Waals surface area contributed by atoms with Gasteiger partial charge in [-0.3, -0.25) is 0 Å². The zero-order valence-electron chi connectivity index (χ0n) is 10.8. The molecule has 0 fully saturated rings. The summed E-state index contributed by atoms with van der Waals surface area (Å²) >= 11 is 0. The lowest BCUT2D eigenvalue weighted by molar-refractivity contribution is -0.0708. The lowest BCUT2D eigenvalue weighted by Crippen LogP contribution is -2.36. The van der Waals surface area contributed by atoms with E-state index in [1.807, 2.05) is 0 Å². The van der Waals surface area contributed by atoms with Crippen molar-refractivity contribution in [3.05, 3.63) is 42.0 Å². The molecule has 0 aliphatic carbocycles. The van der Waals surface area contributed by atoms with E-state index in [4.69, 9.17) is 15.6 Å². The molecule has 0 amide bonds. The molecule has 0 aliphatic heterocycles. The molecule has 0 saturated heterocycles. The van der Waals surface area contributed by atoms with Gasteiger partial charge in [0.2, 0.25) is 0 Å². The van der Waals surface area contributed by atoms with Crippen molar-refractivity contribution in [2.75, 3.05) is 13.7 Å². The molecule has 0 spiro atoms. The minimum Gasteiger partial charge on any atom is -0.496 e. The zero-order valence-corrected chi connectivity index (χ0v) is 11.7. The Balaban J connectivity index is 0.00000200. The number of alkyl halides is 2. The van der Waals surface area contributed by atoms with Crippen molar-refractivity contribution in [2.45, 2.75) is 12.0 Å². The first-order valence-corrected chi connectivity index (χ1v) is 5.81. The van der Waals surface area contributed by atoms with Crippen LogP contribution >= 0.6 is 12.4 Å². The van der Waals surface area contributed by atoms with E-state index in [1.54, 1.807) is 30.3 Å². The van der Waals surface area contributed by atoms with Gasteiger partial charge in [0.25, 0.3) is 5.92 Å². The second-order valence-corrected chi connectivity index (χ2v) is 4.30. The number of ether oxygens (including phenoxy) is 1. The third-order valence-corrected chi connectivity index (χ3v) is 3.14. The standard InChI is InChI=1S/C14H15F2NO2.ClH/c1-19-12-7-6-11(13(17)14(15,16)8-18)9-4-2-3-5-10(9)12;/h2-7,13,18H,8,17H2,1H3;1H/t13-;/m0./s1. The van der Waals surface area contributed by atoms with E-state index in [-0.39, 0.29) is 18.0 Å². The molecule has 3 N–H and O–H groups in total. The SMILES string of the molecule is COc1ccc([C@H](N)C(F)(F)CO)c2ccccc12.Cl. The highest BCUT2D eigenvalue weighted by Gasteiger charge is 2.38. The summed E-state index contributed by atoms with van der Waals surface area (Å²) in [5, 5.41) is 10.1. The highest BCUT2D eigenvalue weighted by atomic mass is 35.5. The van der Waals surface area contributed by atoms with Gasteiger partial charge in [-0.15, -0.1) is 12.4 Å². The highest BCUT2D eigenvalue weighted by Crippen LogP contribution is 2.36. The summed E-state index contributed by atoms with van der Waals surface area (Å²) in [6.07, 6.45) is 0. The van der Waals surface area contributed by atoms with Crippen LogP contribution in [0, 0.1) is 0 Å². The number of methoxy groups -OCH3 is 1. The van der Waals surface area contributed by atoms with Crippen LogP contribution in [0.1, 0.15) is 11.6 Å². The Morgan fingerprint density at radius 3 is 2.35 bits per heavy atom. The third-order valence-electron chi connectivity index (χ3n) is 3.14. The van der Waals surface area contributed by atoms with Gasteiger partial charge < -0.3 is 15.6 Å². The van der Waals surface area contributed by atoms with Crippen LogP contribution in [0.2, 0.25) is 0 Å². The first-order chi connectivity index (χ1) is 9.01. The summed E-state index contributed by atoms with van der Waals surface area (Å²) in [5.41, 5.74) is 5.88. The number of aliphatic hydroxyl groups excluding tert-OH is 1. The molecule has 0 bridgehead atoms. The number of nitrogens with two attached hydrogens (primary N) is 1. The van der Waals surface area contributed by atoms with E-state index >= 15 is 0 Å². The Morgan fingerprint density at radius 2 is 1.80 bits per heavy atom. The maximum atomic E-state index is 13.5. The minimum atomic E-state index is -3.36. The maximum absolute atomic E-state index is 13.5. The second kappa shape index (κ2) is 6.35. The van der Waals surface area contributed by atoms with Crippen LogP contribution in [0.3, 0.4) is 0 Å². The van der Waals surface area contributed by atoms with E-state index in [9.17, 15) is 8.78 Å². The van der Waals surface area contributed by atoms with Crippen LogP contribution in [0.5, 0.6) is 5.75 Å². The molecule has 2 aromatic carbocycles. The van der Waals surface area contributed by atoms with E-state index in [0.29, 0.717) is 16.5 Å². The molecule has 0 aromatic heterocycles. The van der Waals surface area contributed by atoms with Gasteiger partial charge in [0.1, 0.15) is 12.4 Å². The van der Waals surface area contributed by atoms with E-state index in [2.05, 4.69) is 0 Å². The molecule has 0 heterocycles. The summed E-state index contributed by atoms with van der Waals surface area (Å²) in [4.78, 5) is 0. The first-order valence-electron chi connectivity index (χ1n) is 5.81. The minimum absolute atomic E-state index is 0. The van der Waals surface area contributed by atoms with Crippen molar-refractivity contribution >= 4 is 23.2 Å². The molecular formula is C14H16ClF2NO2. The van der Waals surface area contributed by atoms with Gasteiger partial charge in [-0.1, -0.05) is 30.3 Å². The van der Waals surface area contributed by atoms with Gasteiger partial charge in [0.15, 0.2) is 0 Å². The van der Waals surface area contributed by atoms with E-state index in [1.165, 1.54) is 13.2 Å². The van der Waals surface area contributed by atoms with Crippen molar-refractivity contribution in [1.82, 2.24) is 0 Å². The van der Waals surface area contributed by atoms with Crippen molar-refractivity contribution in [3.8, 4) is 5.75 Å². The van der Waals surface area contributed by atoms with Gasteiger partial charge >= 0.3 is 0 Å². The monoisotopic (exact) mass is 303 g/mol. The third kappa shape index (κ3) is 2.85. The van der Waals surface area contributed by atoms with Crippen LogP contribution in [0.4, 0.5) is 8.78 Å². The number of rotatable bonds is 4. The summed E-state index contributed by atoms with van der Waals surface area (Å²) in [7, 11) is 1.52. The summed E-state index contributed by atoms with van der Waals surface area (Å²) in [5.74, 6) is -2.77. The van der Waals surface area contributed by atoms with Crippen molar-refractivity contribution in [1.29, 1.82) is 0 Å². The summed E-state index contributed by atoms with van der Waals surface area (Å²) < 4.78 is 32.3. The number of benzene rings is 2. The number of aliphatic hydroxyl groups is 1. The Morgan fingerprint density at radius 1 is 1.20 bits per heavy atom. The van der Waals surface area contributed by atoms with E-state index < -0.39 is 18.6 Å². The molecule has 110 valence electrons. The normalized spacial score (nSPS) is 12.8. The van der Waals surface area contributed by atoms with Crippen molar-refractivity contribution < 1.29 is 18.6 Å². The fourth-order valence-electron chi connectivity index (χ4n) is 2.07. The second-order valence-electron chi connectivity index (χ2n) is 4.30.